The number of carbonyl (C=O) groups is 1. The van der Waals surface area contributed by atoms with Crippen molar-refractivity contribution in [3.05, 3.63) is 47.3 Å². The van der Waals surface area contributed by atoms with Crippen LogP contribution in [0.1, 0.15) is 17.0 Å². The summed E-state index contributed by atoms with van der Waals surface area (Å²) < 4.78 is 7.37. The number of hydrogen-bond acceptors (Lipinski definition) is 5. The van der Waals surface area contributed by atoms with E-state index in [0.717, 1.165) is 62.0 Å². The lowest BCUT2D eigenvalue weighted by Crippen LogP contribution is -2.46. The molecule has 9 heteroatoms. The Morgan fingerprint density at radius 2 is 1.94 bits per heavy atom. The molecule has 0 bridgehead atoms. The van der Waals surface area contributed by atoms with Gasteiger partial charge in [0.1, 0.15) is 0 Å². The number of nitrogens with zero attached hydrogens (tertiary/aromatic N) is 5. The largest absolute Gasteiger partial charge is 0.379 e. The summed E-state index contributed by atoms with van der Waals surface area (Å²) in [6.07, 6.45) is 0. The van der Waals surface area contributed by atoms with Crippen LogP contribution in [-0.4, -0.2) is 91.5 Å². The van der Waals surface area contributed by atoms with Crippen LogP contribution in [0.5, 0.6) is 0 Å². The van der Waals surface area contributed by atoms with Gasteiger partial charge in [0.25, 0.3) is 0 Å². The van der Waals surface area contributed by atoms with Gasteiger partial charge < -0.3 is 20.3 Å². The molecule has 174 valence electrons. The predicted molar refractivity (Wildman–Crippen MR) is 126 cm³/mol. The van der Waals surface area contributed by atoms with Gasteiger partial charge in [-0.15, -0.1) is 0 Å². The fourth-order valence-corrected chi connectivity index (χ4v) is 3.54. The summed E-state index contributed by atoms with van der Waals surface area (Å²) in [5.41, 5.74) is 4.14. The second-order valence-corrected chi connectivity index (χ2v) is 8.15. The normalized spacial score (nSPS) is 14.9. The fourth-order valence-electron chi connectivity index (χ4n) is 3.54. The third kappa shape index (κ3) is 6.80. The van der Waals surface area contributed by atoms with E-state index in [-0.39, 0.29) is 12.5 Å². The Hall–Kier alpha value is -2.91. The van der Waals surface area contributed by atoms with Gasteiger partial charge in [0.2, 0.25) is 5.91 Å². The molecule has 9 nitrogen and oxygen atoms in total. The minimum Gasteiger partial charge on any atom is -0.379 e. The predicted octanol–water partition coefficient (Wildman–Crippen LogP) is 0.945. The summed E-state index contributed by atoms with van der Waals surface area (Å²) in [5, 5.41) is 11.2. The van der Waals surface area contributed by atoms with Crippen molar-refractivity contribution < 1.29 is 9.53 Å². The average Bonchev–Trinajstić information content (AvgIpc) is 3.13. The lowest BCUT2D eigenvalue weighted by Gasteiger charge is -2.26. The zero-order valence-electron chi connectivity index (χ0n) is 19.6. The molecular formula is C23H35N7O2. The highest BCUT2D eigenvalue weighted by molar-refractivity contribution is 5.86. The Bertz CT molecular complexity index is 917. The highest BCUT2D eigenvalue weighted by Gasteiger charge is 2.12. The van der Waals surface area contributed by atoms with Crippen LogP contribution < -0.4 is 10.6 Å². The number of guanidine groups is 1. The van der Waals surface area contributed by atoms with Crippen molar-refractivity contribution in [2.45, 2.75) is 20.4 Å². The second-order valence-electron chi connectivity index (χ2n) is 8.15. The maximum Gasteiger partial charge on any atom is 0.241 e. The van der Waals surface area contributed by atoms with Crippen LogP contribution in [-0.2, 0) is 16.1 Å². The summed E-state index contributed by atoms with van der Waals surface area (Å²) >= 11 is 0. The van der Waals surface area contributed by atoms with E-state index in [1.807, 2.05) is 30.7 Å². The van der Waals surface area contributed by atoms with Crippen molar-refractivity contribution in [2.24, 2.45) is 4.99 Å². The maximum atomic E-state index is 12.1. The van der Waals surface area contributed by atoms with Crippen LogP contribution in [0.15, 0.2) is 35.3 Å². The molecule has 1 amide bonds. The lowest BCUT2D eigenvalue weighted by molar-refractivity contribution is -0.127. The van der Waals surface area contributed by atoms with Crippen LogP contribution >= 0.6 is 0 Å². The number of likely N-dealkylation sites (N-methyl/N-ethyl adjacent to an activating group) is 1. The van der Waals surface area contributed by atoms with E-state index in [9.17, 15) is 4.79 Å². The Morgan fingerprint density at radius 1 is 1.19 bits per heavy atom. The first-order valence-corrected chi connectivity index (χ1v) is 11.1. The third-order valence-electron chi connectivity index (χ3n) is 5.37. The number of rotatable bonds is 8. The Morgan fingerprint density at radius 3 is 2.62 bits per heavy atom. The first-order chi connectivity index (χ1) is 15.4. The zero-order valence-corrected chi connectivity index (χ0v) is 19.6. The lowest BCUT2D eigenvalue weighted by atomic mass is 10.2. The number of para-hydroxylation sites is 1. The summed E-state index contributed by atoms with van der Waals surface area (Å²) in [7, 11) is 3.49. The van der Waals surface area contributed by atoms with Crippen LogP contribution in [0.2, 0.25) is 0 Å². The second kappa shape index (κ2) is 11.6. The number of amides is 1. The molecule has 1 fully saturated rings. The number of morpholine rings is 1. The molecule has 2 aromatic rings. The van der Waals surface area contributed by atoms with Gasteiger partial charge in [0, 0.05) is 46.0 Å². The number of nitrogens with one attached hydrogen (secondary N) is 2. The van der Waals surface area contributed by atoms with Crippen molar-refractivity contribution >= 4 is 11.9 Å². The topological polar surface area (TPSA) is 87.0 Å². The summed E-state index contributed by atoms with van der Waals surface area (Å²) in [6, 6.07) is 10.2. The molecule has 3 rings (SSSR count). The Kier molecular flexibility index (Phi) is 8.64. The average molecular weight is 442 g/mol. The number of hydrogen-bond donors (Lipinski definition) is 2. The van der Waals surface area contributed by atoms with E-state index in [1.54, 1.807) is 19.0 Å². The number of aryl methyl sites for hydroxylation is 2. The summed E-state index contributed by atoms with van der Waals surface area (Å²) in [5.74, 6) is 0.618. The molecule has 2 N–H and O–H groups in total. The van der Waals surface area contributed by atoms with Gasteiger partial charge in [-0.05, 0) is 31.5 Å². The van der Waals surface area contributed by atoms with Crippen LogP contribution in [0.4, 0.5) is 0 Å². The Balaban J connectivity index is 1.70. The smallest absolute Gasteiger partial charge is 0.241 e. The van der Waals surface area contributed by atoms with Gasteiger partial charge in [-0.3, -0.25) is 9.69 Å². The number of carbonyl (C=O) groups excluding carboxylic acids is 1. The maximum absolute atomic E-state index is 12.1. The van der Waals surface area contributed by atoms with Crippen LogP contribution in [0.25, 0.3) is 5.69 Å². The van der Waals surface area contributed by atoms with Crippen molar-refractivity contribution in [1.29, 1.82) is 0 Å². The minimum atomic E-state index is -0.00396. The van der Waals surface area contributed by atoms with Crippen molar-refractivity contribution in [3.8, 4) is 5.69 Å². The van der Waals surface area contributed by atoms with Gasteiger partial charge in [-0.1, -0.05) is 18.2 Å². The monoisotopic (exact) mass is 441 g/mol. The van der Waals surface area contributed by atoms with E-state index in [4.69, 9.17) is 9.73 Å². The standard InChI is InChI=1S/C23H35N7O2/c1-18-15-19(2)30(27-18)21-8-6-5-7-20(21)16-25-23(26-17-22(31)28(3)4)24-9-10-29-11-13-32-14-12-29/h5-8,15H,9-14,16-17H2,1-4H3,(H2,24,25,26). The van der Waals surface area contributed by atoms with Gasteiger partial charge >= 0.3 is 0 Å². The minimum absolute atomic E-state index is 0.00396. The first kappa shape index (κ1) is 23.7. The van der Waals surface area contributed by atoms with E-state index in [2.05, 4.69) is 38.8 Å². The van der Waals surface area contributed by atoms with E-state index < -0.39 is 0 Å². The zero-order chi connectivity index (χ0) is 22.9. The number of aromatic nitrogens is 2. The molecule has 0 spiro atoms. The summed E-state index contributed by atoms with van der Waals surface area (Å²) in [6.45, 7) is 9.77. The molecule has 2 heterocycles. The Labute approximate surface area is 190 Å². The highest BCUT2D eigenvalue weighted by Crippen LogP contribution is 2.17. The quantitative estimate of drug-likeness (QED) is 0.469. The number of ether oxygens (including phenoxy) is 1. The first-order valence-electron chi connectivity index (χ1n) is 11.1. The van der Waals surface area contributed by atoms with E-state index >= 15 is 0 Å². The van der Waals surface area contributed by atoms with E-state index in [1.165, 1.54) is 0 Å². The van der Waals surface area contributed by atoms with Gasteiger partial charge in [0.05, 0.1) is 37.7 Å². The number of benzene rings is 1. The van der Waals surface area contributed by atoms with Gasteiger partial charge in [0.15, 0.2) is 5.96 Å². The molecule has 1 aliphatic rings. The molecule has 1 aliphatic heterocycles. The van der Waals surface area contributed by atoms with Crippen molar-refractivity contribution in [2.75, 3.05) is 60.0 Å². The molecule has 0 atom stereocenters. The molecule has 0 radical (unpaired) electrons. The SMILES string of the molecule is Cc1cc(C)n(-c2ccccc2CN=C(NCCN2CCOCC2)NCC(=O)N(C)C)n1. The molecule has 0 unspecified atom stereocenters. The van der Waals surface area contributed by atoms with Gasteiger partial charge in [-0.2, -0.15) is 5.10 Å². The molecule has 32 heavy (non-hydrogen) atoms. The molecular weight excluding hydrogens is 406 g/mol. The molecule has 1 aromatic carbocycles. The van der Waals surface area contributed by atoms with Crippen LogP contribution in [0, 0.1) is 13.8 Å². The van der Waals surface area contributed by atoms with Crippen molar-refractivity contribution in [1.82, 2.24) is 30.2 Å². The highest BCUT2D eigenvalue weighted by atomic mass is 16.5. The molecule has 1 saturated heterocycles. The fraction of sp³-hybridized carbons (Fsp3) is 0.522. The van der Waals surface area contributed by atoms with Gasteiger partial charge in [-0.25, -0.2) is 9.67 Å². The van der Waals surface area contributed by atoms with E-state index in [0.29, 0.717) is 12.5 Å². The molecule has 1 aromatic heterocycles. The van der Waals surface area contributed by atoms with Crippen LogP contribution in [0.3, 0.4) is 0 Å². The summed E-state index contributed by atoms with van der Waals surface area (Å²) in [4.78, 5) is 20.8. The van der Waals surface area contributed by atoms with Crippen molar-refractivity contribution in [3.63, 3.8) is 0 Å². The third-order valence-corrected chi connectivity index (χ3v) is 5.37. The number of aliphatic imine (C=N–C) groups is 1. The molecule has 0 saturated carbocycles. The molecule has 0 aliphatic carbocycles.